The number of ether oxygens (including phenoxy) is 1. The van der Waals surface area contributed by atoms with Gasteiger partial charge in [-0.25, -0.2) is 4.79 Å². The lowest BCUT2D eigenvalue weighted by molar-refractivity contribution is -0.119. The summed E-state index contributed by atoms with van der Waals surface area (Å²) in [5, 5.41) is 2.26. The molecule has 5 heteroatoms. The molecular formula is C11H12N2O3. The number of carbonyl (C=O) groups excluding carboxylic acids is 2. The Bertz CT molecular complexity index is 445. The quantitative estimate of drug-likeness (QED) is 0.760. The molecule has 1 aromatic carbocycles. The number of rotatable bonds is 2. The second kappa shape index (κ2) is 3.84. The van der Waals surface area contributed by atoms with Crippen LogP contribution in [0.25, 0.3) is 0 Å². The van der Waals surface area contributed by atoms with E-state index in [1.54, 1.807) is 25.1 Å². The van der Waals surface area contributed by atoms with Gasteiger partial charge in [0.1, 0.15) is 11.8 Å². The van der Waals surface area contributed by atoms with E-state index in [0.717, 1.165) is 0 Å². The number of hydrogen-bond acceptors (Lipinski definition) is 3. The van der Waals surface area contributed by atoms with Crippen molar-refractivity contribution in [3.63, 3.8) is 0 Å². The van der Waals surface area contributed by atoms with E-state index >= 15 is 0 Å². The van der Waals surface area contributed by atoms with Gasteiger partial charge in [0.2, 0.25) is 0 Å². The summed E-state index contributed by atoms with van der Waals surface area (Å²) in [5.41, 5.74) is 0.598. The van der Waals surface area contributed by atoms with Crippen LogP contribution in [0.1, 0.15) is 6.92 Å². The normalized spacial score (nSPS) is 19.9. The van der Waals surface area contributed by atoms with Crippen LogP contribution in [0, 0.1) is 0 Å². The standard InChI is InChI=1S/C11H12N2O3/c1-7-10(14)12-11(15)13(7)8-5-3-4-6-9(8)16-2/h3-7H,1-2H3,(H,12,14,15). The summed E-state index contributed by atoms with van der Waals surface area (Å²) in [7, 11) is 1.53. The Morgan fingerprint density at radius 3 is 2.56 bits per heavy atom. The van der Waals surface area contributed by atoms with E-state index in [9.17, 15) is 9.59 Å². The first-order valence-electron chi connectivity index (χ1n) is 4.92. The van der Waals surface area contributed by atoms with Crippen molar-refractivity contribution in [1.82, 2.24) is 5.32 Å². The molecule has 1 unspecified atom stereocenters. The van der Waals surface area contributed by atoms with Gasteiger partial charge in [0.05, 0.1) is 12.8 Å². The van der Waals surface area contributed by atoms with Crippen LogP contribution in [0.2, 0.25) is 0 Å². The van der Waals surface area contributed by atoms with Gasteiger partial charge >= 0.3 is 6.03 Å². The third kappa shape index (κ3) is 1.50. The predicted octanol–water partition coefficient (Wildman–Crippen LogP) is 1.14. The number of nitrogens with one attached hydrogen (secondary N) is 1. The lowest BCUT2D eigenvalue weighted by Crippen LogP contribution is -2.32. The third-order valence-electron chi connectivity index (χ3n) is 2.56. The molecule has 1 aliphatic heterocycles. The molecule has 16 heavy (non-hydrogen) atoms. The van der Waals surface area contributed by atoms with Crippen LogP contribution in [0.4, 0.5) is 10.5 Å². The molecule has 0 spiro atoms. The number of anilines is 1. The highest BCUT2D eigenvalue weighted by atomic mass is 16.5. The SMILES string of the molecule is COc1ccccc1N1C(=O)NC(=O)C1C. The van der Waals surface area contributed by atoms with Gasteiger partial charge in [0.25, 0.3) is 5.91 Å². The molecule has 3 amide bonds. The molecule has 0 aliphatic carbocycles. The molecule has 84 valence electrons. The molecule has 0 bridgehead atoms. The van der Waals surface area contributed by atoms with E-state index in [2.05, 4.69) is 5.32 Å². The first-order valence-corrected chi connectivity index (χ1v) is 4.92. The van der Waals surface area contributed by atoms with Crippen molar-refractivity contribution in [2.75, 3.05) is 12.0 Å². The van der Waals surface area contributed by atoms with Crippen LogP contribution in [-0.4, -0.2) is 25.1 Å². The summed E-state index contributed by atoms with van der Waals surface area (Å²) in [6.07, 6.45) is 0. The van der Waals surface area contributed by atoms with E-state index in [4.69, 9.17) is 4.74 Å². The van der Waals surface area contributed by atoms with E-state index in [-0.39, 0.29) is 5.91 Å². The van der Waals surface area contributed by atoms with Crippen LogP contribution in [-0.2, 0) is 4.79 Å². The number of benzene rings is 1. The summed E-state index contributed by atoms with van der Waals surface area (Å²) in [4.78, 5) is 24.3. The van der Waals surface area contributed by atoms with Crippen molar-refractivity contribution in [2.24, 2.45) is 0 Å². The van der Waals surface area contributed by atoms with Gasteiger partial charge in [0, 0.05) is 0 Å². The average Bonchev–Trinajstić information content (AvgIpc) is 2.53. The summed E-state index contributed by atoms with van der Waals surface area (Å²) < 4.78 is 5.16. The Balaban J connectivity index is 2.44. The third-order valence-corrected chi connectivity index (χ3v) is 2.56. The van der Waals surface area contributed by atoms with Crippen molar-refractivity contribution < 1.29 is 14.3 Å². The maximum atomic E-state index is 11.6. The van der Waals surface area contributed by atoms with Crippen molar-refractivity contribution in [1.29, 1.82) is 0 Å². The Kier molecular flexibility index (Phi) is 2.52. The fourth-order valence-electron chi connectivity index (χ4n) is 1.71. The molecule has 1 fully saturated rings. The highest BCUT2D eigenvalue weighted by molar-refractivity contribution is 6.14. The number of carbonyl (C=O) groups is 2. The fraction of sp³-hybridized carbons (Fsp3) is 0.273. The summed E-state index contributed by atoms with van der Waals surface area (Å²) in [5.74, 6) is 0.273. The second-order valence-corrected chi connectivity index (χ2v) is 3.51. The monoisotopic (exact) mass is 220 g/mol. The predicted molar refractivity (Wildman–Crippen MR) is 58.5 cm³/mol. The topological polar surface area (TPSA) is 58.6 Å². The minimum absolute atomic E-state index is 0.295. The highest BCUT2D eigenvalue weighted by Gasteiger charge is 2.37. The van der Waals surface area contributed by atoms with Crippen molar-refractivity contribution in [3.8, 4) is 5.75 Å². The molecule has 1 heterocycles. The summed E-state index contributed by atoms with van der Waals surface area (Å²) >= 11 is 0. The lowest BCUT2D eigenvalue weighted by atomic mass is 10.2. The minimum atomic E-state index is -0.510. The number of para-hydroxylation sites is 2. The average molecular weight is 220 g/mol. The molecule has 0 aromatic heterocycles. The van der Waals surface area contributed by atoms with Gasteiger partial charge in [0.15, 0.2) is 0 Å². The molecule has 0 radical (unpaired) electrons. The van der Waals surface area contributed by atoms with E-state index in [1.165, 1.54) is 12.0 Å². The first kappa shape index (κ1) is 10.5. The number of nitrogens with zero attached hydrogens (tertiary/aromatic N) is 1. The molecule has 1 atom stereocenters. The minimum Gasteiger partial charge on any atom is -0.495 e. The maximum Gasteiger partial charge on any atom is 0.329 e. The van der Waals surface area contributed by atoms with Crippen molar-refractivity contribution >= 4 is 17.6 Å². The second-order valence-electron chi connectivity index (χ2n) is 3.51. The van der Waals surface area contributed by atoms with Crippen molar-refractivity contribution in [3.05, 3.63) is 24.3 Å². The Morgan fingerprint density at radius 2 is 2.00 bits per heavy atom. The van der Waals surface area contributed by atoms with Crippen LogP contribution in [0.3, 0.4) is 0 Å². The van der Waals surface area contributed by atoms with Gasteiger partial charge < -0.3 is 4.74 Å². The fourth-order valence-corrected chi connectivity index (χ4v) is 1.71. The lowest BCUT2D eigenvalue weighted by Gasteiger charge is -2.20. The molecule has 1 aromatic rings. The molecule has 0 saturated carbocycles. The Hall–Kier alpha value is -2.04. The number of amides is 3. The molecule has 1 aliphatic rings. The van der Waals surface area contributed by atoms with Crippen LogP contribution >= 0.6 is 0 Å². The molecule has 2 rings (SSSR count). The van der Waals surface area contributed by atoms with Gasteiger partial charge in [-0.1, -0.05) is 12.1 Å². The van der Waals surface area contributed by atoms with Crippen molar-refractivity contribution in [2.45, 2.75) is 13.0 Å². The van der Waals surface area contributed by atoms with Gasteiger partial charge in [-0.05, 0) is 19.1 Å². The maximum absolute atomic E-state index is 11.6. The van der Waals surface area contributed by atoms with Crippen LogP contribution in [0.5, 0.6) is 5.75 Å². The molecular weight excluding hydrogens is 208 g/mol. The summed E-state index contributed by atoms with van der Waals surface area (Å²) in [6, 6.07) is 6.17. The first-order chi connectivity index (χ1) is 7.65. The van der Waals surface area contributed by atoms with Gasteiger partial charge in [-0.3, -0.25) is 15.0 Å². The smallest absolute Gasteiger partial charge is 0.329 e. The zero-order valence-corrected chi connectivity index (χ0v) is 9.06. The molecule has 1 saturated heterocycles. The largest absolute Gasteiger partial charge is 0.495 e. The summed E-state index contributed by atoms with van der Waals surface area (Å²) in [6.45, 7) is 1.67. The number of urea groups is 1. The Morgan fingerprint density at radius 1 is 1.31 bits per heavy atom. The molecule has 5 nitrogen and oxygen atoms in total. The Labute approximate surface area is 93.0 Å². The number of hydrogen-bond donors (Lipinski definition) is 1. The number of imide groups is 1. The van der Waals surface area contributed by atoms with Gasteiger partial charge in [-0.2, -0.15) is 0 Å². The zero-order valence-electron chi connectivity index (χ0n) is 9.06. The van der Waals surface area contributed by atoms with E-state index < -0.39 is 12.1 Å². The number of methoxy groups -OCH3 is 1. The van der Waals surface area contributed by atoms with Crippen LogP contribution < -0.4 is 15.0 Å². The highest BCUT2D eigenvalue weighted by Crippen LogP contribution is 2.30. The van der Waals surface area contributed by atoms with E-state index in [1.807, 2.05) is 6.07 Å². The van der Waals surface area contributed by atoms with E-state index in [0.29, 0.717) is 11.4 Å². The van der Waals surface area contributed by atoms with Crippen LogP contribution in [0.15, 0.2) is 24.3 Å². The molecule has 1 N–H and O–H groups in total. The zero-order chi connectivity index (χ0) is 11.7. The van der Waals surface area contributed by atoms with Gasteiger partial charge in [-0.15, -0.1) is 0 Å².